The van der Waals surface area contributed by atoms with Crippen LogP contribution in [0.15, 0.2) is 79.0 Å². The molecule has 0 N–H and O–H groups in total. The van der Waals surface area contributed by atoms with Gasteiger partial charge in [0.1, 0.15) is 0 Å². The highest BCUT2D eigenvalue weighted by Crippen LogP contribution is 2.26. The number of carbonyl (C=O) groups is 1. The molecule has 25 heavy (non-hydrogen) atoms. The average molecular weight is 324 g/mol. The Bertz CT molecular complexity index is 1030. The zero-order valence-electron chi connectivity index (χ0n) is 14.1. The second-order valence-electron chi connectivity index (χ2n) is 6.25. The van der Waals surface area contributed by atoms with Crippen LogP contribution in [0.1, 0.15) is 22.8 Å². The summed E-state index contributed by atoms with van der Waals surface area (Å²) in [6, 6.07) is 28.0. The number of Topliss-reactive ketones (excluding diaryl/α,β-unsaturated/α-hetero) is 1. The third-order valence-corrected chi connectivity index (χ3v) is 4.50. The van der Waals surface area contributed by atoms with Gasteiger partial charge in [0, 0.05) is 35.3 Å². The van der Waals surface area contributed by atoms with Crippen molar-refractivity contribution in [2.24, 2.45) is 0 Å². The number of hydrogen-bond acceptors (Lipinski definition) is 1. The summed E-state index contributed by atoms with van der Waals surface area (Å²) in [6.07, 6.45) is 2.01. The molecule has 0 aliphatic carbocycles. The summed E-state index contributed by atoms with van der Waals surface area (Å²) in [7, 11) is 0. The number of benzene rings is 3. The lowest BCUT2D eigenvalue weighted by Crippen LogP contribution is -1.97. The second-order valence-corrected chi connectivity index (χ2v) is 6.25. The summed E-state index contributed by atoms with van der Waals surface area (Å²) in [6.45, 7) is 2.43. The lowest BCUT2D eigenvalue weighted by molar-refractivity contribution is 0.101. The lowest BCUT2D eigenvalue weighted by atomic mass is 10.0. The van der Waals surface area contributed by atoms with Crippen molar-refractivity contribution in [3.05, 3.63) is 96.2 Å². The molecule has 0 unspecified atom stereocenters. The third kappa shape index (κ3) is 3.11. The van der Waals surface area contributed by atoms with E-state index in [-0.39, 0.29) is 5.78 Å². The van der Waals surface area contributed by atoms with Crippen LogP contribution < -0.4 is 0 Å². The minimum Gasteiger partial charge on any atom is -0.342 e. The maximum Gasteiger partial charge on any atom is 0.159 e. The van der Waals surface area contributed by atoms with Crippen LogP contribution in [0.25, 0.3) is 22.0 Å². The Kier molecular flexibility index (Phi) is 3.95. The topological polar surface area (TPSA) is 22.0 Å². The first kappa shape index (κ1) is 15.4. The number of rotatable bonds is 4. The zero-order valence-corrected chi connectivity index (χ0v) is 14.1. The molecule has 121 valence electrons. The third-order valence-electron chi connectivity index (χ3n) is 4.50. The number of nitrogens with zero attached hydrogens (tertiary/aromatic N) is 1. The van der Waals surface area contributed by atoms with Gasteiger partial charge in [-0.2, -0.15) is 0 Å². The molecule has 0 fully saturated rings. The molecular weight excluding hydrogens is 306 g/mol. The van der Waals surface area contributed by atoms with Crippen LogP contribution in [-0.2, 0) is 6.54 Å². The molecule has 3 aromatic carbocycles. The van der Waals surface area contributed by atoms with Gasteiger partial charge in [0.25, 0.3) is 0 Å². The van der Waals surface area contributed by atoms with Crippen molar-refractivity contribution in [1.29, 1.82) is 0 Å². The highest BCUT2D eigenvalue weighted by Gasteiger charge is 2.06. The second kappa shape index (κ2) is 6.40. The summed E-state index contributed by atoms with van der Waals surface area (Å²) in [5.41, 5.74) is 5.43. The van der Waals surface area contributed by atoms with Gasteiger partial charge >= 0.3 is 0 Å². The Balaban J connectivity index is 1.66. The van der Waals surface area contributed by atoms with E-state index in [9.17, 15) is 4.79 Å². The number of hydrogen-bond donors (Lipinski definition) is 0. The fraction of sp³-hybridized carbons (Fsp3) is 0.0870. The molecule has 0 saturated heterocycles. The van der Waals surface area contributed by atoms with Gasteiger partial charge < -0.3 is 4.57 Å². The summed E-state index contributed by atoms with van der Waals surface area (Å²) in [5, 5.41) is 1.10. The number of fused-ring (bicyclic) bond motifs is 1. The van der Waals surface area contributed by atoms with E-state index in [2.05, 4.69) is 53.1 Å². The molecule has 0 atom stereocenters. The van der Waals surface area contributed by atoms with Crippen molar-refractivity contribution in [3.63, 3.8) is 0 Å². The number of aromatic nitrogens is 1. The van der Waals surface area contributed by atoms with Crippen LogP contribution in [0.3, 0.4) is 0 Å². The largest absolute Gasteiger partial charge is 0.342 e. The Labute approximate surface area is 147 Å². The van der Waals surface area contributed by atoms with Crippen molar-refractivity contribution in [2.45, 2.75) is 13.5 Å². The first-order valence-corrected chi connectivity index (χ1v) is 8.36. The summed E-state index contributed by atoms with van der Waals surface area (Å²) in [4.78, 5) is 11.4. The van der Waals surface area contributed by atoms with Crippen LogP contribution in [0.2, 0.25) is 0 Å². The summed E-state index contributed by atoms with van der Waals surface area (Å²) in [5.74, 6) is 0.0910. The fourth-order valence-corrected chi connectivity index (χ4v) is 3.11. The van der Waals surface area contributed by atoms with Crippen molar-refractivity contribution >= 4 is 16.7 Å². The molecule has 0 bridgehead atoms. The molecule has 2 nitrogen and oxygen atoms in total. The maximum absolute atomic E-state index is 11.4. The Hall–Kier alpha value is -3.13. The standard InChI is InChI=1S/C23H18NO/c1-17(25)19-7-9-20(10-8-19)21-11-12-23-22(15-21)13-14-24(23)16-18-5-3-2-4-6-18/h2-12,14-15H,16H2,1H3. The molecule has 0 amide bonds. The van der Waals surface area contributed by atoms with E-state index in [1.54, 1.807) is 6.92 Å². The van der Waals surface area contributed by atoms with Gasteiger partial charge in [-0.15, -0.1) is 0 Å². The quantitative estimate of drug-likeness (QED) is 0.463. The van der Waals surface area contributed by atoms with E-state index in [0.29, 0.717) is 0 Å². The fourth-order valence-electron chi connectivity index (χ4n) is 3.11. The van der Waals surface area contributed by atoms with Gasteiger partial charge in [0.2, 0.25) is 0 Å². The smallest absolute Gasteiger partial charge is 0.159 e. The minimum absolute atomic E-state index is 0.0910. The summed E-state index contributed by atoms with van der Waals surface area (Å²) < 4.78 is 2.22. The normalized spacial score (nSPS) is 10.9. The lowest BCUT2D eigenvalue weighted by Gasteiger charge is -2.07. The van der Waals surface area contributed by atoms with E-state index in [1.807, 2.05) is 36.5 Å². The van der Waals surface area contributed by atoms with Gasteiger partial charge in [0.15, 0.2) is 5.78 Å². The van der Waals surface area contributed by atoms with Crippen LogP contribution in [-0.4, -0.2) is 10.4 Å². The highest BCUT2D eigenvalue weighted by molar-refractivity contribution is 5.94. The molecule has 2 heteroatoms. The van der Waals surface area contributed by atoms with Crippen molar-refractivity contribution in [3.8, 4) is 11.1 Å². The molecule has 0 aliphatic rings. The first-order chi connectivity index (χ1) is 12.2. The van der Waals surface area contributed by atoms with E-state index in [0.717, 1.165) is 28.6 Å². The maximum atomic E-state index is 11.4. The van der Waals surface area contributed by atoms with Gasteiger partial charge in [0.05, 0.1) is 0 Å². The average Bonchev–Trinajstić information content (AvgIpc) is 3.05. The monoisotopic (exact) mass is 324 g/mol. The Morgan fingerprint density at radius 2 is 1.64 bits per heavy atom. The van der Waals surface area contributed by atoms with Gasteiger partial charge in [-0.25, -0.2) is 0 Å². The molecule has 0 saturated carbocycles. The van der Waals surface area contributed by atoms with E-state index in [4.69, 9.17) is 0 Å². The minimum atomic E-state index is 0.0910. The van der Waals surface area contributed by atoms with E-state index >= 15 is 0 Å². The van der Waals surface area contributed by atoms with Crippen LogP contribution in [0.5, 0.6) is 0 Å². The highest BCUT2D eigenvalue weighted by atomic mass is 16.1. The van der Waals surface area contributed by atoms with Crippen molar-refractivity contribution < 1.29 is 4.79 Å². The molecule has 0 spiro atoms. The van der Waals surface area contributed by atoms with Gasteiger partial charge in [-0.05, 0) is 35.7 Å². The summed E-state index contributed by atoms with van der Waals surface area (Å²) >= 11 is 0. The van der Waals surface area contributed by atoms with Crippen LogP contribution in [0, 0.1) is 6.07 Å². The molecule has 0 aliphatic heterocycles. The van der Waals surface area contributed by atoms with E-state index < -0.39 is 0 Å². The first-order valence-electron chi connectivity index (χ1n) is 8.36. The predicted molar refractivity (Wildman–Crippen MR) is 102 cm³/mol. The molecular formula is C23H18NO. The molecule has 1 heterocycles. The Morgan fingerprint density at radius 3 is 2.36 bits per heavy atom. The molecule has 4 rings (SSSR count). The molecule has 1 radical (unpaired) electrons. The zero-order chi connectivity index (χ0) is 17.2. The van der Waals surface area contributed by atoms with Crippen LogP contribution >= 0.6 is 0 Å². The van der Waals surface area contributed by atoms with Gasteiger partial charge in [-0.3, -0.25) is 4.79 Å². The molecule has 4 aromatic rings. The molecule has 1 aromatic heterocycles. The SMILES string of the molecule is CC(=O)c1ccc(-c2ccc3c([c]cn3Cc3ccccc3)c2)cc1. The number of carbonyl (C=O) groups excluding carboxylic acids is 1. The van der Waals surface area contributed by atoms with Crippen molar-refractivity contribution in [2.75, 3.05) is 0 Å². The number of ketones is 1. The van der Waals surface area contributed by atoms with Crippen LogP contribution in [0.4, 0.5) is 0 Å². The van der Waals surface area contributed by atoms with Crippen molar-refractivity contribution in [1.82, 2.24) is 4.57 Å². The van der Waals surface area contributed by atoms with E-state index in [1.165, 1.54) is 11.1 Å². The Morgan fingerprint density at radius 1 is 0.920 bits per heavy atom. The predicted octanol–water partition coefficient (Wildman–Crippen LogP) is 5.36. The van der Waals surface area contributed by atoms with Gasteiger partial charge in [-0.1, -0.05) is 60.7 Å².